The van der Waals surface area contributed by atoms with Gasteiger partial charge in [0.25, 0.3) is 0 Å². The molecule has 0 radical (unpaired) electrons. The van der Waals surface area contributed by atoms with Gasteiger partial charge in [-0.25, -0.2) is 0 Å². The van der Waals surface area contributed by atoms with Crippen molar-refractivity contribution in [3.05, 3.63) is 0 Å². The third kappa shape index (κ3) is 3.21. The molecule has 0 saturated carbocycles. The minimum atomic E-state index is -0.562. The Morgan fingerprint density at radius 3 is 2.52 bits per heavy atom. The largest absolute Gasteiger partial charge is 0.378 e. The van der Waals surface area contributed by atoms with Gasteiger partial charge in [-0.2, -0.15) is 0 Å². The highest BCUT2D eigenvalue weighted by molar-refractivity contribution is 5.90. The average Bonchev–Trinajstić information content (AvgIpc) is 3.02. The number of morpholine rings is 1. The maximum absolute atomic E-state index is 12.8. The van der Waals surface area contributed by atoms with Gasteiger partial charge in [-0.1, -0.05) is 6.92 Å². The first-order valence-electron chi connectivity index (χ1n) is 7.91. The number of ether oxygens (including phenoxy) is 1. The first-order chi connectivity index (χ1) is 10.0. The lowest BCUT2D eigenvalue weighted by Gasteiger charge is -2.36. The van der Waals surface area contributed by atoms with Gasteiger partial charge < -0.3 is 20.3 Å². The Hall–Kier alpha value is -1.14. The number of hydrogen-bond acceptors (Lipinski definition) is 4. The molecule has 2 aliphatic heterocycles. The van der Waals surface area contributed by atoms with E-state index in [1.807, 2.05) is 18.7 Å². The van der Waals surface area contributed by atoms with Gasteiger partial charge in [0, 0.05) is 26.2 Å². The van der Waals surface area contributed by atoms with Crippen LogP contribution >= 0.6 is 0 Å². The smallest absolute Gasteiger partial charge is 0.245 e. The number of nitrogens with two attached hydrogens (primary N) is 1. The predicted molar refractivity (Wildman–Crippen MR) is 79.6 cm³/mol. The summed E-state index contributed by atoms with van der Waals surface area (Å²) in [6, 6.07) is -0.312. The zero-order chi connectivity index (χ0) is 15.5. The second-order valence-corrected chi connectivity index (χ2v) is 6.21. The molecule has 2 N–H and O–H groups in total. The Bertz CT molecular complexity index is 390. The number of amides is 2. The summed E-state index contributed by atoms with van der Waals surface area (Å²) in [6.45, 7) is 7.26. The van der Waals surface area contributed by atoms with Gasteiger partial charge >= 0.3 is 0 Å². The van der Waals surface area contributed by atoms with E-state index in [1.54, 1.807) is 4.90 Å². The van der Waals surface area contributed by atoms with E-state index in [0.29, 0.717) is 45.8 Å². The molecule has 0 aromatic rings. The molecule has 0 spiro atoms. The minimum absolute atomic E-state index is 0.0246. The minimum Gasteiger partial charge on any atom is -0.378 e. The zero-order valence-electron chi connectivity index (χ0n) is 13.1. The number of likely N-dealkylation sites (tertiary alicyclic amines) is 1. The number of rotatable bonds is 4. The Labute approximate surface area is 126 Å². The lowest BCUT2D eigenvalue weighted by atomic mass is 9.85. The Kier molecular flexibility index (Phi) is 5.22. The molecular weight excluding hydrogens is 270 g/mol. The van der Waals surface area contributed by atoms with Crippen LogP contribution in [0.3, 0.4) is 0 Å². The van der Waals surface area contributed by atoms with E-state index in [0.717, 1.165) is 12.8 Å². The normalized spacial score (nSPS) is 25.8. The molecule has 2 unspecified atom stereocenters. The molecular formula is C15H27N3O3. The number of nitrogens with zero attached hydrogens (tertiary/aromatic N) is 2. The van der Waals surface area contributed by atoms with Crippen LogP contribution in [0, 0.1) is 5.41 Å². The molecule has 120 valence electrons. The Morgan fingerprint density at radius 2 is 1.95 bits per heavy atom. The fourth-order valence-electron chi connectivity index (χ4n) is 2.99. The molecule has 0 bridgehead atoms. The van der Waals surface area contributed by atoms with Crippen molar-refractivity contribution in [3.8, 4) is 0 Å². The SMILES string of the molecule is CCC(C)(CN)C(=O)N1CCCC1C(=O)N1CCOCC1. The van der Waals surface area contributed by atoms with Crippen LogP contribution < -0.4 is 5.73 Å². The molecule has 2 heterocycles. The van der Waals surface area contributed by atoms with Crippen LogP contribution in [0.1, 0.15) is 33.1 Å². The lowest BCUT2D eigenvalue weighted by Crippen LogP contribution is -2.54. The maximum Gasteiger partial charge on any atom is 0.245 e. The van der Waals surface area contributed by atoms with Gasteiger partial charge in [0.05, 0.1) is 18.6 Å². The molecule has 2 fully saturated rings. The van der Waals surface area contributed by atoms with E-state index in [-0.39, 0.29) is 17.9 Å². The lowest BCUT2D eigenvalue weighted by molar-refractivity contribution is -0.151. The summed E-state index contributed by atoms with van der Waals surface area (Å²) >= 11 is 0. The first-order valence-corrected chi connectivity index (χ1v) is 7.91. The summed E-state index contributed by atoms with van der Waals surface area (Å²) < 4.78 is 5.28. The monoisotopic (exact) mass is 297 g/mol. The summed E-state index contributed by atoms with van der Waals surface area (Å²) in [6.07, 6.45) is 2.33. The Balaban J connectivity index is 2.09. The van der Waals surface area contributed by atoms with E-state index in [2.05, 4.69) is 0 Å². The molecule has 0 aromatic heterocycles. The third-order valence-electron chi connectivity index (χ3n) is 4.87. The molecule has 2 amide bonds. The van der Waals surface area contributed by atoms with Crippen molar-refractivity contribution < 1.29 is 14.3 Å². The molecule has 21 heavy (non-hydrogen) atoms. The molecule has 2 rings (SSSR count). The standard InChI is InChI=1S/C15H27N3O3/c1-3-15(2,11-16)14(20)18-6-4-5-12(18)13(19)17-7-9-21-10-8-17/h12H,3-11,16H2,1-2H3. The van der Waals surface area contributed by atoms with Crippen molar-refractivity contribution in [1.29, 1.82) is 0 Å². The van der Waals surface area contributed by atoms with Gasteiger partial charge in [0.15, 0.2) is 0 Å². The van der Waals surface area contributed by atoms with E-state index in [9.17, 15) is 9.59 Å². The van der Waals surface area contributed by atoms with Crippen molar-refractivity contribution >= 4 is 11.8 Å². The average molecular weight is 297 g/mol. The molecule has 6 nitrogen and oxygen atoms in total. The van der Waals surface area contributed by atoms with Gasteiger partial charge in [-0.3, -0.25) is 9.59 Å². The van der Waals surface area contributed by atoms with Crippen molar-refractivity contribution in [2.45, 2.75) is 39.2 Å². The molecule has 0 aliphatic carbocycles. The van der Waals surface area contributed by atoms with Crippen molar-refractivity contribution in [2.24, 2.45) is 11.1 Å². The molecule has 0 aromatic carbocycles. The van der Waals surface area contributed by atoms with Gasteiger partial charge in [-0.15, -0.1) is 0 Å². The summed E-state index contributed by atoms with van der Waals surface area (Å²) in [7, 11) is 0. The third-order valence-corrected chi connectivity index (χ3v) is 4.87. The highest BCUT2D eigenvalue weighted by Crippen LogP contribution is 2.29. The van der Waals surface area contributed by atoms with Crippen LogP contribution in [-0.2, 0) is 14.3 Å². The van der Waals surface area contributed by atoms with Crippen LogP contribution in [0.25, 0.3) is 0 Å². The highest BCUT2D eigenvalue weighted by atomic mass is 16.5. The van der Waals surface area contributed by atoms with Crippen molar-refractivity contribution in [2.75, 3.05) is 39.4 Å². The van der Waals surface area contributed by atoms with Crippen molar-refractivity contribution in [3.63, 3.8) is 0 Å². The quantitative estimate of drug-likeness (QED) is 0.805. The Morgan fingerprint density at radius 1 is 1.29 bits per heavy atom. The van der Waals surface area contributed by atoms with Crippen LogP contribution in [0.2, 0.25) is 0 Å². The van der Waals surface area contributed by atoms with E-state index >= 15 is 0 Å². The summed E-state index contributed by atoms with van der Waals surface area (Å²) in [5, 5.41) is 0. The molecule has 6 heteroatoms. The van der Waals surface area contributed by atoms with Gasteiger partial charge in [-0.05, 0) is 26.2 Å². The zero-order valence-corrected chi connectivity index (χ0v) is 13.1. The van der Waals surface area contributed by atoms with Gasteiger partial charge in [0.2, 0.25) is 11.8 Å². The van der Waals surface area contributed by atoms with E-state index in [1.165, 1.54) is 0 Å². The number of hydrogen-bond donors (Lipinski definition) is 1. The molecule has 2 atom stereocenters. The molecule has 2 saturated heterocycles. The van der Waals surface area contributed by atoms with Crippen LogP contribution in [-0.4, -0.2) is 67.0 Å². The second kappa shape index (κ2) is 6.75. The fraction of sp³-hybridized carbons (Fsp3) is 0.867. The second-order valence-electron chi connectivity index (χ2n) is 6.21. The van der Waals surface area contributed by atoms with E-state index in [4.69, 9.17) is 10.5 Å². The summed E-state index contributed by atoms with van der Waals surface area (Å²) in [5.41, 5.74) is 5.23. The summed E-state index contributed by atoms with van der Waals surface area (Å²) in [4.78, 5) is 29.0. The fourth-order valence-corrected chi connectivity index (χ4v) is 2.99. The van der Waals surface area contributed by atoms with Gasteiger partial charge in [0.1, 0.15) is 6.04 Å². The van der Waals surface area contributed by atoms with Crippen LogP contribution in [0.15, 0.2) is 0 Å². The molecule has 2 aliphatic rings. The van der Waals surface area contributed by atoms with E-state index < -0.39 is 5.41 Å². The van der Waals surface area contributed by atoms with Crippen LogP contribution in [0.5, 0.6) is 0 Å². The maximum atomic E-state index is 12.8. The predicted octanol–water partition coefficient (Wildman–Crippen LogP) is 0.211. The highest BCUT2D eigenvalue weighted by Gasteiger charge is 2.42. The number of carbonyl (C=O) groups is 2. The number of carbonyl (C=O) groups excluding carboxylic acids is 2. The topological polar surface area (TPSA) is 75.9 Å². The van der Waals surface area contributed by atoms with Crippen molar-refractivity contribution in [1.82, 2.24) is 9.80 Å². The van der Waals surface area contributed by atoms with Crippen LogP contribution in [0.4, 0.5) is 0 Å². The first kappa shape index (κ1) is 16.2. The summed E-state index contributed by atoms with van der Waals surface area (Å²) in [5.74, 6) is 0.0937.